The van der Waals surface area contributed by atoms with E-state index < -0.39 is 21.7 Å². The molecule has 0 unspecified atom stereocenters. The normalized spacial score (nSPS) is 11.5. The lowest BCUT2D eigenvalue weighted by atomic mass is 10.1. The highest BCUT2D eigenvalue weighted by Gasteiger charge is 2.23. The number of hydrogen-bond donors (Lipinski definition) is 2. The smallest absolute Gasteiger partial charge is 0.243 e. The number of nitrogens with zero attached hydrogens (tertiary/aromatic N) is 1. The molecule has 0 aromatic heterocycles. The first-order valence-corrected chi connectivity index (χ1v) is 10.7. The molecular weight excluding hydrogens is 381 g/mol. The number of sulfonamides is 1. The first kappa shape index (κ1) is 21.8. The van der Waals surface area contributed by atoms with Crippen molar-refractivity contribution in [2.45, 2.75) is 32.1 Å². The number of benzene rings is 2. The van der Waals surface area contributed by atoms with Gasteiger partial charge in [0.2, 0.25) is 15.9 Å². The van der Waals surface area contributed by atoms with Crippen LogP contribution in [-0.2, 0) is 21.2 Å². The summed E-state index contributed by atoms with van der Waals surface area (Å²) in [5.41, 5.74) is 1.22. The molecule has 0 fully saturated rings. The molecule has 0 aliphatic rings. The number of hydrogen-bond acceptors (Lipinski definition) is 4. The van der Waals surface area contributed by atoms with Crippen LogP contribution in [0.5, 0.6) is 0 Å². The van der Waals surface area contributed by atoms with Crippen LogP contribution in [0.3, 0.4) is 0 Å². The standard InChI is InChI=1S/C20H26FN3O3S/c1-4-22-18-12-11-16(28(26,27)24(5-2)6-3)14-19(18)23-20(25)13-15-9-7-8-10-17(15)21/h7-12,14,22H,4-6,13H2,1-3H3,(H,23,25). The molecular formula is C20H26FN3O3S. The number of amides is 1. The van der Waals surface area contributed by atoms with Crippen molar-refractivity contribution >= 4 is 27.3 Å². The number of nitrogens with one attached hydrogen (secondary N) is 2. The van der Waals surface area contributed by atoms with E-state index >= 15 is 0 Å². The van der Waals surface area contributed by atoms with E-state index in [4.69, 9.17) is 0 Å². The summed E-state index contributed by atoms with van der Waals surface area (Å²) in [6.45, 7) is 6.73. The van der Waals surface area contributed by atoms with Crippen LogP contribution in [-0.4, -0.2) is 38.3 Å². The Kier molecular flexibility index (Phi) is 7.53. The first-order valence-electron chi connectivity index (χ1n) is 9.24. The summed E-state index contributed by atoms with van der Waals surface area (Å²) >= 11 is 0. The van der Waals surface area contributed by atoms with Gasteiger partial charge in [-0.1, -0.05) is 32.0 Å². The van der Waals surface area contributed by atoms with Crippen molar-refractivity contribution < 1.29 is 17.6 Å². The minimum Gasteiger partial charge on any atom is -0.384 e. The molecule has 0 saturated carbocycles. The van der Waals surface area contributed by atoms with E-state index in [1.807, 2.05) is 6.92 Å². The van der Waals surface area contributed by atoms with Gasteiger partial charge in [0, 0.05) is 19.6 Å². The Balaban J connectivity index is 2.33. The first-order chi connectivity index (χ1) is 13.3. The molecule has 2 aromatic carbocycles. The molecule has 6 nitrogen and oxygen atoms in total. The lowest BCUT2D eigenvalue weighted by Crippen LogP contribution is -2.30. The number of halogens is 1. The Morgan fingerprint density at radius 1 is 1.04 bits per heavy atom. The average Bonchev–Trinajstić information content (AvgIpc) is 2.66. The number of anilines is 2. The zero-order valence-corrected chi connectivity index (χ0v) is 17.1. The summed E-state index contributed by atoms with van der Waals surface area (Å²) in [6.07, 6.45) is -0.148. The highest BCUT2D eigenvalue weighted by Crippen LogP contribution is 2.27. The van der Waals surface area contributed by atoms with Crippen LogP contribution in [0.15, 0.2) is 47.4 Å². The second kappa shape index (κ2) is 9.66. The Labute approximate surface area is 165 Å². The van der Waals surface area contributed by atoms with Crippen molar-refractivity contribution in [3.05, 3.63) is 53.8 Å². The molecule has 0 aliphatic heterocycles. The molecule has 0 heterocycles. The van der Waals surface area contributed by atoms with Gasteiger partial charge in [0.1, 0.15) is 5.82 Å². The number of rotatable bonds is 9. The lowest BCUT2D eigenvalue weighted by molar-refractivity contribution is -0.115. The molecule has 0 saturated heterocycles. The summed E-state index contributed by atoms with van der Waals surface area (Å²) in [5.74, 6) is -0.885. The third kappa shape index (κ3) is 5.08. The molecule has 0 spiro atoms. The van der Waals surface area contributed by atoms with Crippen LogP contribution in [0, 0.1) is 5.82 Å². The van der Waals surface area contributed by atoms with Crippen molar-refractivity contribution in [1.29, 1.82) is 0 Å². The van der Waals surface area contributed by atoms with E-state index in [1.165, 1.54) is 22.5 Å². The average molecular weight is 408 g/mol. The van der Waals surface area contributed by atoms with Crippen LogP contribution in [0.1, 0.15) is 26.3 Å². The van der Waals surface area contributed by atoms with Crippen LogP contribution < -0.4 is 10.6 Å². The fraction of sp³-hybridized carbons (Fsp3) is 0.350. The SMILES string of the molecule is CCNc1ccc(S(=O)(=O)N(CC)CC)cc1NC(=O)Cc1ccccc1F. The van der Waals surface area contributed by atoms with E-state index in [0.717, 1.165) is 0 Å². The van der Waals surface area contributed by atoms with Gasteiger partial charge in [-0.2, -0.15) is 4.31 Å². The minimum absolute atomic E-state index is 0.0963. The Hall–Kier alpha value is -2.45. The topological polar surface area (TPSA) is 78.5 Å². The van der Waals surface area contributed by atoms with Gasteiger partial charge in [-0.05, 0) is 36.8 Å². The van der Waals surface area contributed by atoms with E-state index in [-0.39, 0.29) is 16.9 Å². The van der Waals surface area contributed by atoms with Crippen molar-refractivity contribution in [1.82, 2.24) is 4.31 Å². The number of carbonyl (C=O) groups is 1. The van der Waals surface area contributed by atoms with Gasteiger partial charge in [-0.25, -0.2) is 12.8 Å². The molecule has 0 radical (unpaired) electrons. The van der Waals surface area contributed by atoms with Gasteiger partial charge >= 0.3 is 0 Å². The van der Waals surface area contributed by atoms with Crippen molar-refractivity contribution in [3.63, 3.8) is 0 Å². The lowest BCUT2D eigenvalue weighted by Gasteiger charge is -2.20. The van der Waals surface area contributed by atoms with Gasteiger partial charge in [0.25, 0.3) is 0 Å². The highest BCUT2D eigenvalue weighted by molar-refractivity contribution is 7.89. The molecule has 1 amide bonds. The van der Waals surface area contributed by atoms with E-state index in [9.17, 15) is 17.6 Å². The quantitative estimate of drug-likeness (QED) is 0.667. The van der Waals surface area contributed by atoms with Crippen LogP contribution >= 0.6 is 0 Å². The van der Waals surface area contributed by atoms with E-state index in [2.05, 4.69) is 10.6 Å². The van der Waals surface area contributed by atoms with Gasteiger partial charge in [0.15, 0.2) is 0 Å². The van der Waals surface area contributed by atoms with Gasteiger partial charge in [0.05, 0.1) is 22.7 Å². The molecule has 2 aromatic rings. The van der Waals surface area contributed by atoms with Gasteiger partial charge < -0.3 is 10.6 Å². The summed E-state index contributed by atoms with van der Waals surface area (Å²) in [7, 11) is -3.66. The predicted octanol–water partition coefficient (Wildman–Crippen LogP) is 3.47. The molecule has 0 aliphatic carbocycles. The van der Waals surface area contributed by atoms with Crippen LogP contribution in [0.2, 0.25) is 0 Å². The second-order valence-electron chi connectivity index (χ2n) is 6.14. The summed E-state index contributed by atoms with van der Waals surface area (Å²) in [5, 5.41) is 5.80. The van der Waals surface area contributed by atoms with Crippen molar-refractivity contribution in [2.75, 3.05) is 30.3 Å². The molecule has 2 N–H and O–H groups in total. The largest absolute Gasteiger partial charge is 0.384 e. The molecule has 0 bridgehead atoms. The Bertz CT molecular complexity index is 928. The molecule has 152 valence electrons. The maximum atomic E-state index is 13.8. The van der Waals surface area contributed by atoms with E-state index in [1.54, 1.807) is 38.1 Å². The third-order valence-electron chi connectivity index (χ3n) is 4.28. The fourth-order valence-corrected chi connectivity index (χ4v) is 4.34. The van der Waals surface area contributed by atoms with Crippen molar-refractivity contribution in [2.24, 2.45) is 0 Å². The molecule has 0 atom stereocenters. The maximum Gasteiger partial charge on any atom is 0.243 e. The fourth-order valence-electron chi connectivity index (χ4n) is 2.85. The second-order valence-corrected chi connectivity index (χ2v) is 8.08. The monoisotopic (exact) mass is 407 g/mol. The van der Waals surface area contributed by atoms with Crippen molar-refractivity contribution in [3.8, 4) is 0 Å². The maximum absolute atomic E-state index is 13.8. The highest BCUT2D eigenvalue weighted by atomic mass is 32.2. The van der Waals surface area contributed by atoms with E-state index in [0.29, 0.717) is 31.0 Å². The number of carbonyl (C=O) groups excluding carboxylic acids is 1. The Morgan fingerprint density at radius 2 is 1.71 bits per heavy atom. The molecule has 8 heteroatoms. The van der Waals surface area contributed by atoms with Gasteiger partial charge in [-0.15, -0.1) is 0 Å². The minimum atomic E-state index is -3.66. The molecule has 28 heavy (non-hydrogen) atoms. The summed E-state index contributed by atoms with van der Waals surface area (Å²) < 4.78 is 40.7. The zero-order valence-electron chi connectivity index (χ0n) is 16.3. The summed E-state index contributed by atoms with van der Waals surface area (Å²) in [4.78, 5) is 12.5. The van der Waals surface area contributed by atoms with Crippen LogP contribution in [0.4, 0.5) is 15.8 Å². The zero-order chi connectivity index (χ0) is 20.7. The molecule has 2 rings (SSSR count). The Morgan fingerprint density at radius 3 is 2.32 bits per heavy atom. The van der Waals surface area contributed by atoms with Gasteiger partial charge in [-0.3, -0.25) is 4.79 Å². The third-order valence-corrected chi connectivity index (χ3v) is 6.33. The predicted molar refractivity (Wildman–Crippen MR) is 109 cm³/mol. The summed E-state index contributed by atoms with van der Waals surface area (Å²) in [6, 6.07) is 10.6. The van der Waals surface area contributed by atoms with Crippen LogP contribution in [0.25, 0.3) is 0 Å².